The Morgan fingerprint density at radius 2 is 1.92 bits per heavy atom. The highest BCUT2D eigenvalue weighted by Crippen LogP contribution is 2.47. The number of carbonyl (C=O) groups excluding carboxylic acids is 1. The first-order valence-corrected chi connectivity index (χ1v) is 9.11. The van der Waals surface area contributed by atoms with Crippen LogP contribution in [0.1, 0.15) is 24.0 Å². The summed E-state index contributed by atoms with van der Waals surface area (Å²) in [6, 6.07) is 12.4. The molecule has 0 saturated carbocycles. The van der Waals surface area contributed by atoms with Crippen LogP contribution in [0, 0.1) is 12.7 Å². The van der Waals surface area contributed by atoms with E-state index in [-0.39, 0.29) is 17.3 Å². The van der Waals surface area contributed by atoms with Gasteiger partial charge in [-0.1, -0.05) is 12.1 Å². The number of fused-ring (bicyclic) bond motifs is 2. The van der Waals surface area contributed by atoms with Crippen molar-refractivity contribution in [3.8, 4) is 0 Å². The second-order valence-electron chi connectivity index (χ2n) is 7.63. The Kier molecular flexibility index (Phi) is 4.19. The van der Waals surface area contributed by atoms with Crippen LogP contribution >= 0.6 is 0 Å². The Morgan fingerprint density at radius 1 is 1.15 bits per heavy atom. The summed E-state index contributed by atoms with van der Waals surface area (Å²) in [6.07, 6.45) is 1.88. The standard InChI is InChI=1S/C21H24FN3O/c1-15-4-3-5-17(12-15)23-20(26)25-14-21(8-10-24(2)11-9-21)18-13-16(22)6-7-19(18)25/h3-7,12-13H,8-11,14H2,1-2H3,(H,23,26). The predicted octanol–water partition coefficient (Wildman–Crippen LogP) is 4.15. The third-order valence-corrected chi connectivity index (χ3v) is 5.74. The monoisotopic (exact) mass is 353 g/mol. The first kappa shape index (κ1) is 17.0. The highest BCUT2D eigenvalue weighted by molar-refractivity contribution is 6.03. The van der Waals surface area contributed by atoms with E-state index in [1.54, 1.807) is 17.0 Å². The van der Waals surface area contributed by atoms with Gasteiger partial charge in [0.1, 0.15) is 5.82 Å². The minimum atomic E-state index is -0.233. The zero-order valence-electron chi connectivity index (χ0n) is 15.3. The van der Waals surface area contributed by atoms with Gasteiger partial charge in [0.2, 0.25) is 0 Å². The largest absolute Gasteiger partial charge is 0.326 e. The van der Waals surface area contributed by atoms with E-state index in [1.165, 1.54) is 6.07 Å². The number of halogens is 1. The number of likely N-dealkylation sites (tertiary alicyclic amines) is 1. The zero-order valence-corrected chi connectivity index (χ0v) is 15.3. The van der Waals surface area contributed by atoms with Gasteiger partial charge in [-0.25, -0.2) is 9.18 Å². The fourth-order valence-electron chi connectivity index (χ4n) is 4.21. The molecule has 0 radical (unpaired) electrons. The fraction of sp³-hybridized carbons (Fsp3) is 0.381. The number of benzene rings is 2. The van der Waals surface area contributed by atoms with E-state index < -0.39 is 0 Å². The highest BCUT2D eigenvalue weighted by Gasteiger charge is 2.46. The number of nitrogens with one attached hydrogen (secondary N) is 1. The predicted molar refractivity (Wildman–Crippen MR) is 102 cm³/mol. The SMILES string of the molecule is Cc1cccc(NC(=O)N2CC3(CCN(C)CC3)c3cc(F)ccc32)c1. The molecule has 0 aromatic heterocycles. The van der Waals surface area contributed by atoms with Crippen LogP contribution in [0.4, 0.5) is 20.6 Å². The summed E-state index contributed by atoms with van der Waals surface area (Å²) < 4.78 is 14.0. The lowest BCUT2D eigenvalue weighted by atomic mass is 9.74. The Morgan fingerprint density at radius 3 is 2.65 bits per heavy atom. The van der Waals surface area contributed by atoms with E-state index in [2.05, 4.69) is 17.3 Å². The maximum atomic E-state index is 14.0. The normalized spacial score (nSPS) is 18.8. The van der Waals surface area contributed by atoms with Crippen molar-refractivity contribution in [2.75, 3.05) is 36.9 Å². The number of aryl methyl sites for hydroxylation is 1. The maximum absolute atomic E-state index is 14.0. The molecule has 26 heavy (non-hydrogen) atoms. The number of hydrogen-bond donors (Lipinski definition) is 1. The minimum Gasteiger partial charge on any atom is -0.308 e. The van der Waals surface area contributed by atoms with Crippen LogP contribution in [0.5, 0.6) is 0 Å². The maximum Gasteiger partial charge on any atom is 0.326 e. The van der Waals surface area contributed by atoms with Gasteiger partial charge < -0.3 is 10.2 Å². The molecule has 1 spiro atoms. The molecule has 2 aromatic rings. The second kappa shape index (κ2) is 6.40. The molecule has 136 valence electrons. The molecule has 4 nitrogen and oxygen atoms in total. The lowest BCUT2D eigenvalue weighted by Crippen LogP contribution is -2.45. The van der Waals surface area contributed by atoms with Gasteiger partial charge in [-0.2, -0.15) is 0 Å². The zero-order chi connectivity index (χ0) is 18.3. The fourth-order valence-corrected chi connectivity index (χ4v) is 4.21. The molecule has 0 atom stereocenters. The van der Waals surface area contributed by atoms with Gasteiger partial charge in [-0.15, -0.1) is 0 Å². The lowest BCUT2D eigenvalue weighted by Gasteiger charge is -2.38. The number of amides is 2. The minimum absolute atomic E-state index is 0.145. The molecular formula is C21H24FN3O. The molecule has 1 saturated heterocycles. The van der Waals surface area contributed by atoms with Gasteiger partial charge in [-0.05, 0) is 81.4 Å². The van der Waals surface area contributed by atoms with Crippen molar-refractivity contribution in [2.24, 2.45) is 0 Å². The van der Waals surface area contributed by atoms with Gasteiger partial charge in [0.05, 0.1) is 0 Å². The molecule has 0 unspecified atom stereocenters. The molecular weight excluding hydrogens is 329 g/mol. The van der Waals surface area contributed by atoms with Crippen molar-refractivity contribution >= 4 is 17.4 Å². The Labute approximate surface area is 153 Å². The summed E-state index contributed by atoms with van der Waals surface area (Å²) in [7, 11) is 2.11. The highest BCUT2D eigenvalue weighted by atomic mass is 19.1. The van der Waals surface area contributed by atoms with E-state index in [9.17, 15) is 9.18 Å². The molecule has 4 rings (SSSR count). The molecule has 0 bridgehead atoms. The molecule has 2 heterocycles. The van der Waals surface area contributed by atoms with E-state index in [1.807, 2.05) is 31.2 Å². The van der Waals surface area contributed by atoms with Crippen molar-refractivity contribution in [1.29, 1.82) is 0 Å². The molecule has 0 aliphatic carbocycles. The van der Waals surface area contributed by atoms with Gasteiger partial charge in [0, 0.05) is 23.3 Å². The summed E-state index contributed by atoms with van der Waals surface area (Å²) >= 11 is 0. The van der Waals surface area contributed by atoms with Crippen LogP contribution in [0.25, 0.3) is 0 Å². The van der Waals surface area contributed by atoms with Crippen molar-refractivity contribution in [3.63, 3.8) is 0 Å². The first-order chi connectivity index (χ1) is 12.5. The number of carbonyl (C=O) groups is 1. The van der Waals surface area contributed by atoms with Gasteiger partial charge >= 0.3 is 6.03 Å². The Balaban J connectivity index is 1.65. The van der Waals surface area contributed by atoms with Gasteiger partial charge in [0.25, 0.3) is 0 Å². The molecule has 2 aliphatic rings. The summed E-state index contributed by atoms with van der Waals surface area (Å²) in [4.78, 5) is 17.0. The van der Waals surface area contributed by atoms with E-state index in [4.69, 9.17) is 0 Å². The number of urea groups is 1. The van der Waals surface area contributed by atoms with Crippen molar-refractivity contribution in [3.05, 3.63) is 59.4 Å². The molecule has 2 aromatic carbocycles. The number of hydrogen-bond acceptors (Lipinski definition) is 2. The first-order valence-electron chi connectivity index (χ1n) is 9.11. The summed E-state index contributed by atoms with van der Waals surface area (Å²) in [6.45, 7) is 4.53. The van der Waals surface area contributed by atoms with Crippen molar-refractivity contribution in [2.45, 2.75) is 25.2 Å². The number of rotatable bonds is 1. The summed E-state index contributed by atoms with van der Waals surface area (Å²) in [5.74, 6) is -0.233. The summed E-state index contributed by atoms with van der Waals surface area (Å²) in [5.41, 5.74) is 3.54. The van der Waals surface area contributed by atoms with E-state index in [0.717, 1.165) is 48.4 Å². The van der Waals surface area contributed by atoms with E-state index in [0.29, 0.717) is 6.54 Å². The average Bonchev–Trinajstić information content (AvgIpc) is 2.92. The van der Waals surface area contributed by atoms with Gasteiger partial charge in [0.15, 0.2) is 0 Å². The summed E-state index contributed by atoms with van der Waals surface area (Å²) in [5, 5.41) is 2.99. The van der Waals surface area contributed by atoms with Gasteiger partial charge in [-0.3, -0.25) is 4.90 Å². The smallest absolute Gasteiger partial charge is 0.308 e. The topological polar surface area (TPSA) is 35.6 Å². The van der Waals surface area contributed by atoms with E-state index >= 15 is 0 Å². The Bertz CT molecular complexity index is 843. The number of nitrogens with zero attached hydrogens (tertiary/aromatic N) is 2. The Hall–Kier alpha value is -2.40. The average molecular weight is 353 g/mol. The van der Waals surface area contributed by atoms with Crippen LogP contribution in [0.3, 0.4) is 0 Å². The molecule has 2 amide bonds. The van der Waals surface area contributed by atoms with Crippen LogP contribution in [-0.4, -0.2) is 37.6 Å². The van der Waals surface area contributed by atoms with Crippen molar-refractivity contribution < 1.29 is 9.18 Å². The number of piperidine rings is 1. The van der Waals surface area contributed by atoms with Crippen LogP contribution in [-0.2, 0) is 5.41 Å². The molecule has 2 aliphatic heterocycles. The molecule has 5 heteroatoms. The third-order valence-electron chi connectivity index (χ3n) is 5.74. The second-order valence-corrected chi connectivity index (χ2v) is 7.63. The number of anilines is 2. The molecule has 1 N–H and O–H groups in total. The lowest BCUT2D eigenvalue weighted by molar-refractivity contribution is 0.196. The van der Waals surface area contributed by atoms with Crippen LogP contribution in [0.15, 0.2) is 42.5 Å². The quantitative estimate of drug-likeness (QED) is 0.836. The van der Waals surface area contributed by atoms with Crippen molar-refractivity contribution in [1.82, 2.24) is 4.90 Å². The van der Waals surface area contributed by atoms with Crippen LogP contribution in [0.2, 0.25) is 0 Å². The molecule has 1 fully saturated rings. The van der Waals surface area contributed by atoms with Crippen LogP contribution < -0.4 is 10.2 Å². The third kappa shape index (κ3) is 2.97.